The smallest absolute Gasteiger partial charge is 0.263 e. The lowest BCUT2D eigenvalue weighted by molar-refractivity contribution is 0.318. The number of rotatable bonds is 8. The van der Waals surface area contributed by atoms with Crippen LogP contribution >= 0.6 is 11.8 Å². The molecule has 29 heavy (non-hydrogen) atoms. The van der Waals surface area contributed by atoms with Crippen molar-refractivity contribution in [1.82, 2.24) is 19.2 Å². The fourth-order valence-corrected chi connectivity index (χ4v) is 3.92. The molecule has 4 aromatic rings. The van der Waals surface area contributed by atoms with Crippen LogP contribution in [-0.2, 0) is 6.54 Å². The second kappa shape index (κ2) is 8.48. The first-order chi connectivity index (χ1) is 14.2. The maximum Gasteiger partial charge on any atom is 0.263 e. The van der Waals surface area contributed by atoms with Crippen LogP contribution in [0.25, 0.3) is 16.7 Å². The zero-order chi connectivity index (χ0) is 20.2. The van der Waals surface area contributed by atoms with E-state index in [1.54, 1.807) is 34.5 Å². The van der Waals surface area contributed by atoms with Gasteiger partial charge in [-0.05, 0) is 42.8 Å². The third-order valence-electron chi connectivity index (χ3n) is 4.39. The number of halogens is 1. The first kappa shape index (κ1) is 19.2. The van der Waals surface area contributed by atoms with Crippen molar-refractivity contribution in [2.75, 3.05) is 12.4 Å². The molecule has 0 N–H and O–H groups in total. The summed E-state index contributed by atoms with van der Waals surface area (Å²) in [5.74, 6) is 1.62. The Morgan fingerprint density at radius 1 is 1.14 bits per heavy atom. The van der Waals surface area contributed by atoms with Crippen molar-refractivity contribution in [3.63, 3.8) is 0 Å². The SMILES string of the molecule is C=CCn1c(=O)c2ccccc2n2c(SCCCOc3ccc(F)cc3)nnc12. The largest absolute Gasteiger partial charge is 0.494 e. The number of fused-ring (bicyclic) bond motifs is 3. The Hall–Kier alpha value is -3.13. The molecule has 0 aliphatic carbocycles. The summed E-state index contributed by atoms with van der Waals surface area (Å²) in [5.41, 5.74) is 0.674. The summed E-state index contributed by atoms with van der Waals surface area (Å²) in [4.78, 5) is 12.8. The zero-order valence-corrected chi connectivity index (χ0v) is 16.4. The topological polar surface area (TPSA) is 61.4 Å². The van der Waals surface area contributed by atoms with Gasteiger partial charge in [0.05, 0.1) is 17.5 Å². The molecule has 0 bridgehead atoms. The monoisotopic (exact) mass is 410 g/mol. The summed E-state index contributed by atoms with van der Waals surface area (Å²) < 4.78 is 22.0. The van der Waals surface area contributed by atoms with Crippen molar-refractivity contribution >= 4 is 28.4 Å². The van der Waals surface area contributed by atoms with Crippen LogP contribution in [0.5, 0.6) is 5.75 Å². The van der Waals surface area contributed by atoms with E-state index < -0.39 is 0 Å². The van der Waals surface area contributed by atoms with Gasteiger partial charge in [-0.2, -0.15) is 0 Å². The van der Waals surface area contributed by atoms with Gasteiger partial charge >= 0.3 is 0 Å². The number of nitrogens with zero attached hydrogens (tertiary/aromatic N) is 4. The van der Waals surface area contributed by atoms with Crippen molar-refractivity contribution in [2.24, 2.45) is 0 Å². The quantitative estimate of drug-likeness (QED) is 0.250. The summed E-state index contributed by atoms with van der Waals surface area (Å²) in [6.07, 6.45) is 2.45. The Morgan fingerprint density at radius 3 is 2.72 bits per heavy atom. The molecular weight excluding hydrogens is 391 g/mol. The van der Waals surface area contributed by atoms with Crippen molar-refractivity contribution in [3.8, 4) is 5.75 Å². The highest BCUT2D eigenvalue weighted by atomic mass is 32.2. The Morgan fingerprint density at radius 2 is 1.93 bits per heavy atom. The molecule has 0 spiro atoms. The fraction of sp³-hybridized carbons (Fsp3) is 0.190. The van der Waals surface area contributed by atoms with Crippen LogP contribution in [0.3, 0.4) is 0 Å². The first-order valence-electron chi connectivity index (χ1n) is 9.18. The third kappa shape index (κ3) is 3.88. The van der Waals surface area contributed by atoms with Crippen LogP contribution < -0.4 is 10.3 Å². The van der Waals surface area contributed by atoms with Crippen LogP contribution in [-0.4, -0.2) is 31.5 Å². The second-order valence-electron chi connectivity index (χ2n) is 6.34. The zero-order valence-electron chi connectivity index (χ0n) is 15.6. The average molecular weight is 410 g/mol. The van der Waals surface area contributed by atoms with Crippen molar-refractivity contribution in [2.45, 2.75) is 18.1 Å². The van der Waals surface area contributed by atoms with Gasteiger partial charge in [-0.1, -0.05) is 30.0 Å². The molecule has 0 atom stereocenters. The summed E-state index contributed by atoms with van der Waals surface area (Å²) in [6, 6.07) is 13.4. The first-order valence-corrected chi connectivity index (χ1v) is 10.2. The van der Waals surface area contributed by atoms with E-state index in [2.05, 4.69) is 16.8 Å². The highest BCUT2D eigenvalue weighted by Gasteiger charge is 2.15. The van der Waals surface area contributed by atoms with Crippen LogP contribution in [0.2, 0.25) is 0 Å². The minimum Gasteiger partial charge on any atom is -0.494 e. The van der Waals surface area contributed by atoms with E-state index in [0.29, 0.717) is 30.1 Å². The number of hydrogen-bond acceptors (Lipinski definition) is 5. The maximum atomic E-state index is 12.9. The van der Waals surface area contributed by atoms with Crippen LogP contribution in [0.4, 0.5) is 4.39 Å². The van der Waals surface area contributed by atoms with Gasteiger partial charge in [0.25, 0.3) is 5.56 Å². The maximum absolute atomic E-state index is 12.9. The lowest BCUT2D eigenvalue weighted by atomic mass is 10.2. The molecule has 0 unspecified atom stereocenters. The molecule has 0 fully saturated rings. The van der Waals surface area contributed by atoms with Gasteiger partial charge in [-0.15, -0.1) is 16.8 Å². The Bertz CT molecular complexity index is 1220. The van der Waals surface area contributed by atoms with Crippen molar-refractivity contribution < 1.29 is 9.13 Å². The predicted octanol–water partition coefficient (Wildman–Crippen LogP) is 3.93. The number of hydrogen-bond donors (Lipinski definition) is 0. The van der Waals surface area contributed by atoms with Crippen LogP contribution in [0.15, 0.2) is 71.1 Å². The van der Waals surface area contributed by atoms with Gasteiger partial charge < -0.3 is 4.74 Å². The summed E-state index contributed by atoms with van der Waals surface area (Å²) in [6.45, 7) is 4.61. The van der Waals surface area contributed by atoms with Gasteiger partial charge in [-0.25, -0.2) is 4.39 Å². The Kier molecular flexibility index (Phi) is 5.62. The van der Waals surface area contributed by atoms with E-state index in [9.17, 15) is 9.18 Å². The highest BCUT2D eigenvalue weighted by Crippen LogP contribution is 2.22. The number of allylic oxidation sites excluding steroid dienone is 1. The average Bonchev–Trinajstić information content (AvgIpc) is 3.16. The van der Waals surface area contributed by atoms with Crippen LogP contribution in [0, 0.1) is 5.82 Å². The molecule has 148 valence electrons. The summed E-state index contributed by atoms with van der Waals surface area (Å²) in [5, 5.41) is 9.87. The molecule has 2 aromatic heterocycles. The van der Waals surface area contributed by atoms with Gasteiger partial charge in [-0.3, -0.25) is 13.8 Å². The van der Waals surface area contributed by atoms with E-state index in [-0.39, 0.29) is 11.4 Å². The van der Waals surface area contributed by atoms with Gasteiger partial charge in [0.1, 0.15) is 11.6 Å². The molecule has 0 radical (unpaired) electrons. The molecule has 0 aliphatic rings. The molecule has 0 amide bonds. The molecule has 0 saturated carbocycles. The molecule has 4 rings (SSSR count). The van der Waals surface area contributed by atoms with Gasteiger partial charge in [0.15, 0.2) is 5.16 Å². The minimum absolute atomic E-state index is 0.107. The molecule has 2 aromatic carbocycles. The minimum atomic E-state index is -0.284. The van der Waals surface area contributed by atoms with Gasteiger partial charge in [0.2, 0.25) is 5.78 Å². The normalized spacial score (nSPS) is 11.2. The van der Waals surface area contributed by atoms with E-state index in [0.717, 1.165) is 22.8 Å². The second-order valence-corrected chi connectivity index (χ2v) is 7.41. The summed E-state index contributed by atoms with van der Waals surface area (Å²) >= 11 is 1.55. The molecule has 8 heteroatoms. The molecule has 0 aliphatic heterocycles. The number of aromatic nitrogens is 4. The highest BCUT2D eigenvalue weighted by molar-refractivity contribution is 7.99. The number of para-hydroxylation sites is 1. The number of benzene rings is 2. The van der Waals surface area contributed by atoms with E-state index in [4.69, 9.17) is 4.74 Å². The Balaban J connectivity index is 1.53. The summed E-state index contributed by atoms with van der Waals surface area (Å²) in [7, 11) is 0. The molecule has 0 saturated heterocycles. The lowest BCUT2D eigenvalue weighted by Gasteiger charge is -2.09. The Labute approximate surface area is 170 Å². The molecular formula is C21H19FN4O2S. The molecule has 2 heterocycles. The number of thioether (sulfide) groups is 1. The van der Waals surface area contributed by atoms with Crippen LogP contribution in [0.1, 0.15) is 6.42 Å². The fourth-order valence-electron chi connectivity index (χ4n) is 3.06. The predicted molar refractivity (Wildman–Crippen MR) is 112 cm³/mol. The standard InChI is InChI=1S/C21H19FN4O2S/c1-2-12-25-19(27)17-6-3-4-7-18(17)26-20(25)23-24-21(26)29-14-5-13-28-16-10-8-15(22)9-11-16/h2-4,6-11H,1,5,12-14H2. The lowest BCUT2D eigenvalue weighted by Crippen LogP contribution is -2.22. The van der Waals surface area contributed by atoms with Crippen molar-refractivity contribution in [3.05, 3.63) is 77.4 Å². The van der Waals surface area contributed by atoms with E-state index in [1.807, 2.05) is 28.7 Å². The van der Waals surface area contributed by atoms with Crippen molar-refractivity contribution in [1.29, 1.82) is 0 Å². The molecule has 6 nitrogen and oxygen atoms in total. The van der Waals surface area contributed by atoms with E-state index >= 15 is 0 Å². The third-order valence-corrected chi connectivity index (χ3v) is 5.41. The van der Waals surface area contributed by atoms with E-state index in [1.165, 1.54) is 12.1 Å². The van der Waals surface area contributed by atoms with Gasteiger partial charge in [0, 0.05) is 12.3 Å². The number of ether oxygens (including phenoxy) is 1.